The number of rotatable bonds is 5. The lowest BCUT2D eigenvalue weighted by Gasteiger charge is -2.13. The van der Waals surface area contributed by atoms with Crippen LogP contribution in [0.2, 0.25) is 0 Å². The van der Waals surface area contributed by atoms with E-state index in [9.17, 15) is 10.1 Å². The highest BCUT2D eigenvalue weighted by molar-refractivity contribution is 5.59. The van der Waals surface area contributed by atoms with E-state index in [1.165, 1.54) is 6.07 Å². The Kier molecular flexibility index (Phi) is 4.32. The van der Waals surface area contributed by atoms with Crippen LogP contribution in [-0.4, -0.2) is 4.92 Å². The fourth-order valence-electron chi connectivity index (χ4n) is 1.90. The Morgan fingerprint density at radius 1 is 1.25 bits per heavy atom. The maximum atomic E-state index is 10.7. The second-order valence-corrected chi connectivity index (χ2v) is 4.51. The standard InChI is InChI=1S/C15H16N2O3/c1-11(13-5-3-2-4-6-13)20-10-12-7-8-15(17(18)19)14(16)9-12/h2-9,11H,10,16H2,1H3. The number of nitro groups is 1. The normalized spacial score (nSPS) is 12.1. The Morgan fingerprint density at radius 3 is 2.55 bits per heavy atom. The minimum Gasteiger partial charge on any atom is -0.393 e. The first-order chi connectivity index (χ1) is 9.58. The van der Waals surface area contributed by atoms with Crippen LogP contribution in [0.4, 0.5) is 11.4 Å². The van der Waals surface area contributed by atoms with Gasteiger partial charge in [0.2, 0.25) is 0 Å². The lowest BCUT2D eigenvalue weighted by Crippen LogP contribution is -2.02. The zero-order valence-corrected chi connectivity index (χ0v) is 11.2. The Balaban J connectivity index is 2.01. The third-order valence-corrected chi connectivity index (χ3v) is 3.06. The molecule has 1 unspecified atom stereocenters. The first-order valence-corrected chi connectivity index (χ1v) is 6.27. The average molecular weight is 272 g/mol. The van der Waals surface area contributed by atoms with Gasteiger partial charge in [0.25, 0.3) is 5.69 Å². The number of hydrogen-bond acceptors (Lipinski definition) is 4. The van der Waals surface area contributed by atoms with Gasteiger partial charge < -0.3 is 10.5 Å². The first kappa shape index (κ1) is 14.0. The van der Waals surface area contributed by atoms with E-state index in [1.807, 2.05) is 37.3 Å². The highest BCUT2D eigenvalue weighted by Gasteiger charge is 2.12. The second-order valence-electron chi connectivity index (χ2n) is 4.51. The monoisotopic (exact) mass is 272 g/mol. The van der Waals surface area contributed by atoms with E-state index in [2.05, 4.69) is 0 Å². The van der Waals surface area contributed by atoms with Crippen molar-refractivity contribution in [2.45, 2.75) is 19.6 Å². The van der Waals surface area contributed by atoms with Crippen molar-refractivity contribution in [3.8, 4) is 0 Å². The average Bonchev–Trinajstić information content (AvgIpc) is 2.45. The van der Waals surface area contributed by atoms with Gasteiger partial charge in [-0.3, -0.25) is 10.1 Å². The minimum absolute atomic E-state index is 0.0485. The molecule has 0 amide bonds. The topological polar surface area (TPSA) is 78.4 Å². The molecule has 2 aromatic carbocycles. The van der Waals surface area contributed by atoms with Gasteiger partial charge in [-0.1, -0.05) is 30.3 Å². The molecule has 2 N–H and O–H groups in total. The zero-order valence-electron chi connectivity index (χ0n) is 11.2. The molecule has 1 atom stereocenters. The Morgan fingerprint density at radius 2 is 1.95 bits per heavy atom. The van der Waals surface area contributed by atoms with Crippen LogP contribution >= 0.6 is 0 Å². The van der Waals surface area contributed by atoms with Gasteiger partial charge in [-0.15, -0.1) is 0 Å². The predicted octanol–water partition coefficient (Wildman–Crippen LogP) is 3.45. The summed E-state index contributed by atoms with van der Waals surface area (Å²) >= 11 is 0. The smallest absolute Gasteiger partial charge is 0.292 e. The van der Waals surface area contributed by atoms with Gasteiger partial charge in [0.15, 0.2) is 0 Å². The molecule has 2 aromatic rings. The maximum Gasteiger partial charge on any atom is 0.292 e. The molecule has 2 rings (SSSR count). The van der Waals surface area contributed by atoms with Crippen LogP contribution in [-0.2, 0) is 11.3 Å². The molecule has 0 spiro atoms. The van der Waals surface area contributed by atoms with E-state index in [-0.39, 0.29) is 17.5 Å². The van der Waals surface area contributed by atoms with Crippen LogP contribution in [0, 0.1) is 10.1 Å². The van der Waals surface area contributed by atoms with Gasteiger partial charge in [-0.05, 0) is 30.2 Å². The van der Waals surface area contributed by atoms with E-state index in [4.69, 9.17) is 10.5 Å². The van der Waals surface area contributed by atoms with Crippen LogP contribution in [0.15, 0.2) is 48.5 Å². The van der Waals surface area contributed by atoms with Crippen molar-refractivity contribution < 1.29 is 9.66 Å². The first-order valence-electron chi connectivity index (χ1n) is 6.27. The Bertz CT molecular complexity index is 599. The van der Waals surface area contributed by atoms with Crippen LogP contribution in [0.25, 0.3) is 0 Å². The quantitative estimate of drug-likeness (QED) is 0.513. The third kappa shape index (κ3) is 3.33. The number of nitrogens with two attached hydrogens (primary N) is 1. The van der Waals surface area contributed by atoms with Crippen molar-refractivity contribution in [1.29, 1.82) is 0 Å². The molecule has 0 aliphatic rings. The molecule has 0 aliphatic heterocycles. The second kappa shape index (κ2) is 6.16. The Labute approximate surface area is 117 Å². The number of anilines is 1. The van der Waals surface area contributed by atoms with Crippen LogP contribution < -0.4 is 5.73 Å². The van der Waals surface area contributed by atoms with Crippen molar-refractivity contribution in [2.75, 3.05) is 5.73 Å². The summed E-state index contributed by atoms with van der Waals surface area (Å²) < 4.78 is 5.74. The molecule has 0 saturated heterocycles. The molecule has 0 aromatic heterocycles. The molecular formula is C15H16N2O3. The van der Waals surface area contributed by atoms with Crippen molar-refractivity contribution in [3.05, 3.63) is 69.8 Å². The van der Waals surface area contributed by atoms with Crippen molar-refractivity contribution >= 4 is 11.4 Å². The fraction of sp³-hybridized carbons (Fsp3) is 0.200. The van der Waals surface area contributed by atoms with Crippen molar-refractivity contribution in [3.63, 3.8) is 0 Å². The summed E-state index contributed by atoms with van der Waals surface area (Å²) in [6.07, 6.45) is -0.0485. The predicted molar refractivity (Wildman–Crippen MR) is 77.2 cm³/mol. The van der Waals surface area contributed by atoms with E-state index < -0.39 is 4.92 Å². The molecule has 104 valence electrons. The number of nitrogens with zero attached hydrogens (tertiary/aromatic N) is 1. The van der Waals surface area contributed by atoms with Gasteiger partial charge in [-0.2, -0.15) is 0 Å². The van der Waals surface area contributed by atoms with Crippen molar-refractivity contribution in [2.24, 2.45) is 0 Å². The van der Waals surface area contributed by atoms with Crippen molar-refractivity contribution in [1.82, 2.24) is 0 Å². The van der Waals surface area contributed by atoms with E-state index in [0.29, 0.717) is 6.61 Å². The van der Waals surface area contributed by atoms with E-state index >= 15 is 0 Å². The summed E-state index contributed by atoms with van der Waals surface area (Å²) in [5, 5.41) is 10.7. The molecule has 0 aliphatic carbocycles. The number of nitrogen functional groups attached to an aromatic ring is 1. The molecule has 5 heteroatoms. The largest absolute Gasteiger partial charge is 0.393 e. The summed E-state index contributed by atoms with van der Waals surface area (Å²) in [5.41, 5.74) is 7.62. The lowest BCUT2D eigenvalue weighted by molar-refractivity contribution is -0.383. The maximum absolute atomic E-state index is 10.7. The number of ether oxygens (including phenoxy) is 1. The minimum atomic E-state index is -0.493. The van der Waals surface area contributed by atoms with Gasteiger partial charge >= 0.3 is 0 Å². The molecule has 20 heavy (non-hydrogen) atoms. The van der Waals surface area contributed by atoms with Crippen LogP contribution in [0.5, 0.6) is 0 Å². The SMILES string of the molecule is CC(OCc1ccc([N+](=O)[O-])c(N)c1)c1ccccc1. The summed E-state index contributed by atoms with van der Waals surface area (Å²) in [5.74, 6) is 0. The van der Waals surface area contributed by atoms with Gasteiger partial charge in [0.05, 0.1) is 17.6 Å². The highest BCUT2D eigenvalue weighted by Crippen LogP contribution is 2.24. The number of nitro benzene ring substituents is 1. The molecular weight excluding hydrogens is 256 g/mol. The molecule has 0 saturated carbocycles. The van der Waals surface area contributed by atoms with Gasteiger partial charge in [0, 0.05) is 6.07 Å². The molecule has 0 radical (unpaired) electrons. The zero-order chi connectivity index (χ0) is 14.5. The van der Waals surface area contributed by atoms with Crippen LogP contribution in [0.1, 0.15) is 24.2 Å². The number of benzene rings is 2. The summed E-state index contributed by atoms with van der Waals surface area (Å²) in [6, 6.07) is 14.5. The lowest BCUT2D eigenvalue weighted by atomic mass is 10.1. The van der Waals surface area contributed by atoms with Gasteiger partial charge in [0.1, 0.15) is 5.69 Å². The molecule has 0 heterocycles. The summed E-state index contributed by atoms with van der Waals surface area (Å²) in [6.45, 7) is 2.32. The van der Waals surface area contributed by atoms with E-state index in [0.717, 1.165) is 11.1 Å². The summed E-state index contributed by atoms with van der Waals surface area (Å²) in [4.78, 5) is 10.2. The van der Waals surface area contributed by atoms with E-state index in [1.54, 1.807) is 12.1 Å². The van der Waals surface area contributed by atoms with Gasteiger partial charge in [-0.25, -0.2) is 0 Å². The molecule has 0 fully saturated rings. The molecule has 5 nitrogen and oxygen atoms in total. The highest BCUT2D eigenvalue weighted by atomic mass is 16.6. The third-order valence-electron chi connectivity index (χ3n) is 3.06. The summed E-state index contributed by atoms with van der Waals surface area (Å²) in [7, 11) is 0. The van der Waals surface area contributed by atoms with Crippen LogP contribution in [0.3, 0.4) is 0 Å². The Hall–Kier alpha value is -2.40. The fourth-order valence-corrected chi connectivity index (χ4v) is 1.90. The molecule has 0 bridgehead atoms. The number of hydrogen-bond donors (Lipinski definition) is 1.